The van der Waals surface area contributed by atoms with Gasteiger partial charge in [-0.1, -0.05) is 25.9 Å². The first-order chi connectivity index (χ1) is 4.97. The number of nitrogens with zero attached hydrogens (tertiary/aromatic N) is 1. The van der Waals surface area contributed by atoms with Gasteiger partial charge in [-0.2, -0.15) is 0 Å². The summed E-state index contributed by atoms with van der Waals surface area (Å²) in [5.74, 6) is 0.935. The van der Waals surface area contributed by atoms with Crippen LogP contribution in [0.3, 0.4) is 0 Å². The third kappa shape index (κ3) is 3.06. The van der Waals surface area contributed by atoms with Gasteiger partial charge in [0.15, 0.2) is 0 Å². The second kappa shape index (κ2) is 2.97. The van der Waals surface area contributed by atoms with Crippen LogP contribution in [0.1, 0.15) is 26.5 Å². The van der Waals surface area contributed by atoms with Gasteiger partial charge in [-0.05, 0) is 21.3 Å². The largest absolute Gasteiger partial charge is 0.360 e. The molecule has 1 heterocycles. The number of hydrogen-bond acceptors (Lipinski definition) is 2. The molecule has 0 aromatic carbocycles. The van der Waals surface area contributed by atoms with Crippen LogP contribution in [0.2, 0.25) is 0 Å². The third-order valence-corrected chi connectivity index (χ3v) is 1.61. The Hall–Kier alpha value is -0.310. The van der Waals surface area contributed by atoms with Crippen molar-refractivity contribution in [2.24, 2.45) is 5.41 Å². The fourth-order valence-electron chi connectivity index (χ4n) is 0.894. The average Bonchev–Trinajstić information content (AvgIpc) is 2.10. The van der Waals surface area contributed by atoms with E-state index >= 15 is 0 Å². The maximum Gasteiger partial charge on any atom is 0.149 e. The fourth-order valence-corrected chi connectivity index (χ4v) is 1.22. The Morgan fingerprint density at radius 3 is 2.55 bits per heavy atom. The second-order valence-electron chi connectivity index (χ2n) is 3.85. The Kier molecular flexibility index (Phi) is 2.37. The summed E-state index contributed by atoms with van der Waals surface area (Å²) in [6, 6.07) is 1.91. The van der Waals surface area contributed by atoms with Gasteiger partial charge in [-0.15, -0.1) is 0 Å². The van der Waals surface area contributed by atoms with Crippen molar-refractivity contribution in [3.8, 4) is 0 Å². The highest BCUT2D eigenvalue weighted by molar-refractivity contribution is 9.10. The van der Waals surface area contributed by atoms with E-state index in [2.05, 4.69) is 41.9 Å². The van der Waals surface area contributed by atoms with E-state index in [4.69, 9.17) is 4.52 Å². The lowest BCUT2D eigenvalue weighted by Gasteiger charge is -2.14. The van der Waals surface area contributed by atoms with E-state index < -0.39 is 0 Å². The molecule has 0 aliphatic rings. The molecule has 3 heteroatoms. The monoisotopic (exact) mass is 217 g/mol. The Morgan fingerprint density at radius 1 is 1.55 bits per heavy atom. The van der Waals surface area contributed by atoms with Crippen molar-refractivity contribution >= 4 is 15.9 Å². The molecule has 0 saturated heterocycles. The number of hydrogen-bond donors (Lipinski definition) is 0. The van der Waals surface area contributed by atoms with Gasteiger partial charge in [0.1, 0.15) is 10.4 Å². The molecule has 0 spiro atoms. The maximum absolute atomic E-state index is 5.04. The normalized spacial score (nSPS) is 12.0. The molecule has 0 aliphatic heterocycles. The van der Waals surface area contributed by atoms with Crippen LogP contribution in [0.4, 0.5) is 0 Å². The molecule has 0 aliphatic carbocycles. The summed E-state index contributed by atoms with van der Waals surface area (Å²) in [5.41, 5.74) is 0.263. The molecule has 0 bridgehead atoms. The highest BCUT2D eigenvalue weighted by Crippen LogP contribution is 2.21. The van der Waals surface area contributed by atoms with Gasteiger partial charge in [0.05, 0.1) is 0 Å². The van der Waals surface area contributed by atoms with Crippen molar-refractivity contribution < 1.29 is 4.52 Å². The van der Waals surface area contributed by atoms with E-state index in [1.807, 2.05) is 6.07 Å². The van der Waals surface area contributed by atoms with E-state index in [0.717, 1.165) is 16.8 Å². The van der Waals surface area contributed by atoms with E-state index in [1.54, 1.807) is 0 Å². The minimum atomic E-state index is 0.263. The molecule has 0 amide bonds. The van der Waals surface area contributed by atoms with Crippen LogP contribution < -0.4 is 0 Å². The molecule has 2 nitrogen and oxygen atoms in total. The van der Waals surface area contributed by atoms with E-state index in [-0.39, 0.29) is 5.41 Å². The predicted molar refractivity (Wildman–Crippen MR) is 47.4 cm³/mol. The molecule has 0 saturated carbocycles. The summed E-state index contributed by atoms with van der Waals surface area (Å²) >= 11 is 3.23. The molecule has 11 heavy (non-hydrogen) atoms. The van der Waals surface area contributed by atoms with Gasteiger partial charge in [0.2, 0.25) is 0 Å². The molecule has 1 aromatic heterocycles. The molecule has 1 aromatic rings. The van der Waals surface area contributed by atoms with Crippen LogP contribution >= 0.6 is 15.9 Å². The first kappa shape index (κ1) is 8.78. The predicted octanol–water partition coefficient (Wildman–Crippen LogP) is 3.03. The molecule has 0 fully saturated rings. The van der Waals surface area contributed by atoms with Gasteiger partial charge in [-0.25, -0.2) is 0 Å². The quantitative estimate of drug-likeness (QED) is 0.724. The number of rotatable bonds is 1. The van der Waals surface area contributed by atoms with E-state index in [0.29, 0.717) is 0 Å². The minimum Gasteiger partial charge on any atom is -0.360 e. The first-order valence-corrected chi connectivity index (χ1v) is 4.38. The highest BCUT2D eigenvalue weighted by Gasteiger charge is 2.14. The van der Waals surface area contributed by atoms with Gasteiger partial charge < -0.3 is 4.52 Å². The van der Waals surface area contributed by atoms with Crippen molar-refractivity contribution in [1.29, 1.82) is 0 Å². The minimum absolute atomic E-state index is 0.263. The Bertz CT molecular complexity index is 236. The Morgan fingerprint density at radius 2 is 2.18 bits per heavy atom. The van der Waals surface area contributed by atoms with Crippen LogP contribution in [0.5, 0.6) is 0 Å². The molecular weight excluding hydrogens is 206 g/mol. The molecule has 1 rings (SSSR count). The van der Waals surface area contributed by atoms with E-state index in [1.165, 1.54) is 0 Å². The molecule has 0 N–H and O–H groups in total. The number of halogens is 1. The van der Waals surface area contributed by atoms with E-state index in [9.17, 15) is 0 Å². The lowest BCUT2D eigenvalue weighted by molar-refractivity contribution is 0.319. The van der Waals surface area contributed by atoms with Crippen molar-refractivity contribution in [2.45, 2.75) is 27.2 Å². The van der Waals surface area contributed by atoms with Gasteiger partial charge in [0.25, 0.3) is 0 Å². The SMILES string of the molecule is CC(C)(C)Cc1cc(Br)no1. The maximum atomic E-state index is 5.04. The van der Waals surface area contributed by atoms with Crippen molar-refractivity contribution in [2.75, 3.05) is 0 Å². The van der Waals surface area contributed by atoms with Gasteiger partial charge in [0, 0.05) is 12.5 Å². The average molecular weight is 218 g/mol. The summed E-state index contributed by atoms with van der Waals surface area (Å²) < 4.78 is 5.82. The van der Waals surface area contributed by atoms with Crippen molar-refractivity contribution in [3.05, 3.63) is 16.4 Å². The van der Waals surface area contributed by atoms with Crippen LogP contribution in [-0.2, 0) is 6.42 Å². The topological polar surface area (TPSA) is 26.0 Å². The molecule has 62 valence electrons. The standard InChI is InChI=1S/C8H12BrNO/c1-8(2,3)5-6-4-7(9)10-11-6/h4H,5H2,1-3H3. The summed E-state index contributed by atoms with van der Waals surface area (Å²) in [7, 11) is 0. The third-order valence-electron chi connectivity index (χ3n) is 1.23. The molecule has 0 atom stereocenters. The Balaban J connectivity index is 2.65. The van der Waals surface area contributed by atoms with Crippen molar-refractivity contribution in [3.63, 3.8) is 0 Å². The van der Waals surface area contributed by atoms with Crippen LogP contribution in [0.15, 0.2) is 15.2 Å². The summed E-state index contributed by atoms with van der Waals surface area (Å²) in [4.78, 5) is 0. The summed E-state index contributed by atoms with van der Waals surface area (Å²) in [6.07, 6.45) is 0.922. The van der Waals surface area contributed by atoms with Gasteiger partial charge >= 0.3 is 0 Å². The van der Waals surface area contributed by atoms with Crippen LogP contribution in [0.25, 0.3) is 0 Å². The summed E-state index contributed by atoms with van der Waals surface area (Å²) in [5, 5.41) is 3.74. The molecule has 0 radical (unpaired) electrons. The lowest BCUT2D eigenvalue weighted by Crippen LogP contribution is -2.08. The summed E-state index contributed by atoms with van der Waals surface area (Å²) in [6.45, 7) is 6.51. The first-order valence-electron chi connectivity index (χ1n) is 3.58. The van der Waals surface area contributed by atoms with Crippen molar-refractivity contribution in [1.82, 2.24) is 5.16 Å². The number of aromatic nitrogens is 1. The fraction of sp³-hybridized carbons (Fsp3) is 0.625. The zero-order chi connectivity index (χ0) is 8.48. The lowest BCUT2D eigenvalue weighted by atomic mass is 9.91. The second-order valence-corrected chi connectivity index (χ2v) is 4.67. The molecule has 0 unspecified atom stereocenters. The van der Waals surface area contributed by atoms with Crippen LogP contribution in [0, 0.1) is 5.41 Å². The molecular formula is C8H12BrNO. The Labute approximate surface area is 75.1 Å². The highest BCUT2D eigenvalue weighted by atomic mass is 79.9. The smallest absolute Gasteiger partial charge is 0.149 e. The zero-order valence-corrected chi connectivity index (χ0v) is 8.60. The van der Waals surface area contributed by atoms with Gasteiger partial charge in [-0.3, -0.25) is 0 Å². The zero-order valence-electron chi connectivity index (χ0n) is 7.02. The van der Waals surface area contributed by atoms with Crippen LogP contribution in [-0.4, -0.2) is 5.16 Å².